The fourth-order valence-corrected chi connectivity index (χ4v) is 2.60. The normalized spacial score (nSPS) is 14.1. The van der Waals surface area contributed by atoms with Crippen molar-refractivity contribution in [3.8, 4) is 0 Å². The summed E-state index contributed by atoms with van der Waals surface area (Å²) in [6, 6.07) is 9.56. The van der Waals surface area contributed by atoms with Crippen molar-refractivity contribution in [3.63, 3.8) is 0 Å². The summed E-state index contributed by atoms with van der Waals surface area (Å²) in [7, 11) is 0. The van der Waals surface area contributed by atoms with Gasteiger partial charge in [0.25, 0.3) is 5.91 Å². The predicted octanol–water partition coefficient (Wildman–Crippen LogP) is 2.75. The third kappa shape index (κ3) is 3.42. The van der Waals surface area contributed by atoms with Crippen LogP contribution in [-0.2, 0) is 6.54 Å². The van der Waals surface area contributed by atoms with Crippen LogP contribution < -0.4 is 10.2 Å². The first-order valence-corrected chi connectivity index (χ1v) is 7.46. The molecule has 1 aliphatic heterocycles. The van der Waals surface area contributed by atoms with Gasteiger partial charge in [-0.3, -0.25) is 4.79 Å². The molecule has 4 nitrogen and oxygen atoms in total. The molecule has 2 aromatic rings. The monoisotopic (exact) mass is 299 g/mol. The van der Waals surface area contributed by atoms with Gasteiger partial charge >= 0.3 is 0 Å². The molecule has 0 radical (unpaired) electrons. The van der Waals surface area contributed by atoms with Gasteiger partial charge in [0.1, 0.15) is 11.6 Å². The Kier molecular flexibility index (Phi) is 4.32. The Morgan fingerprint density at radius 3 is 2.82 bits per heavy atom. The maximum atomic E-state index is 13.1. The van der Waals surface area contributed by atoms with Gasteiger partial charge in [0.05, 0.1) is 0 Å². The van der Waals surface area contributed by atoms with E-state index < -0.39 is 5.82 Å². The average molecular weight is 299 g/mol. The molecule has 1 fully saturated rings. The van der Waals surface area contributed by atoms with Crippen molar-refractivity contribution < 1.29 is 9.18 Å². The number of hydrogen-bond acceptors (Lipinski definition) is 3. The number of halogens is 1. The lowest BCUT2D eigenvalue weighted by Crippen LogP contribution is -2.23. The van der Waals surface area contributed by atoms with E-state index in [9.17, 15) is 9.18 Å². The van der Waals surface area contributed by atoms with Crippen LogP contribution in [0.4, 0.5) is 10.2 Å². The predicted molar refractivity (Wildman–Crippen MR) is 83.3 cm³/mol. The second kappa shape index (κ2) is 6.56. The Bertz CT molecular complexity index is 668. The van der Waals surface area contributed by atoms with Gasteiger partial charge in [0, 0.05) is 31.4 Å². The Morgan fingerprint density at radius 1 is 1.23 bits per heavy atom. The first-order chi connectivity index (χ1) is 10.7. The zero-order valence-electron chi connectivity index (χ0n) is 12.3. The van der Waals surface area contributed by atoms with Crippen molar-refractivity contribution in [2.75, 3.05) is 18.0 Å². The van der Waals surface area contributed by atoms with Crippen LogP contribution in [0.15, 0.2) is 42.6 Å². The SMILES string of the molecule is O=C(NCc1ccnc(N2CCCC2)c1)c1cccc(F)c1. The zero-order valence-corrected chi connectivity index (χ0v) is 12.3. The van der Waals surface area contributed by atoms with E-state index in [4.69, 9.17) is 0 Å². The van der Waals surface area contributed by atoms with Crippen LogP contribution in [0, 0.1) is 5.82 Å². The standard InChI is InChI=1S/C17H18FN3O/c18-15-5-3-4-14(11-15)17(22)20-12-13-6-7-19-16(10-13)21-8-1-2-9-21/h3-7,10-11H,1-2,8-9,12H2,(H,20,22). The third-order valence-electron chi connectivity index (χ3n) is 3.78. The van der Waals surface area contributed by atoms with E-state index in [1.165, 1.54) is 31.0 Å². The average Bonchev–Trinajstić information content (AvgIpc) is 3.07. The topological polar surface area (TPSA) is 45.2 Å². The second-order valence-electron chi connectivity index (χ2n) is 5.41. The number of amides is 1. The molecule has 1 amide bonds. The lowest BCUT2D eigenvalue weighted by atomic mass is 10.2. The first-order valence-electron chi connectivity index (χ1n) is 7.46. The van der Waals surface area contributed by atoms with Gasteiger partial charge in [-0.05, 0) is 48.7 Å². The summed E-state index contributed by atoms with van der Waals surface area (Å²) >= 11 is 0. The Hall–Kier alpha value is -2.43. The molecule has 3 rings (SSSR count). The number of pyridine rings is 1. The van der Waals surface area contributed by atoms with Crippen molar-refractivity contribution in [1.82, 2.24) is 10.3 Å². The summed E-state index contributed by atoms with van der Waals surface area (Å²) in [5, 5.41) is 2.81. The highest BCUT2D eigenvalue weighted by atomic mass is 19.1. The lowest BCUT2D eigenvalue weighted by molar-refractivity contribution is 0.0950. The van der Waals surface area contributed by atoms with Crippen LogP contribution in [0.2, 0.25) is 0 Å². The van der Waals surface area contributed by atoms with Crippen molar-refractivity contribution in [2.24, 2.45) is 0 Å². The molecule has 1 aromatic carbocycles. The van der Waals surface area contributed by atoms with E-state index in [1.54, 1.807) is 12.3 Å². The maximum absolute atomic E-state index is 13.1. The van der Waals surface area contributed by atoms with Gasteiger partial charge < -0.3 is 10.2 Å². The van der Waals surface area contributed by atoms with E-state index in [0.29, 0.717) is 12.1 Å². The smallest absolute Gasteiger partial charge is 0.251 e. The molecule has 5 heteroatoms. The number of carbonyl (C=O) groups excluding carboxylic acids is 1. The number of nitrogens with zero attached hydrogens (tertiary/aromatic N) is 2. The molecule has 0 aliphatic carbocycles. The van der Waals surface area contributed by atoms with E-state index in [2.05, 4.69) is 15.2 Å². The Morgan fingerprint density at radius 2 is 2.05 bits per heavy atom. The molecule has 22 heavy (non-hydrogen) atoms. The molecule has 1 aromatic heterocycles. The van der Waals surface area contributed by atoms with Crippen molar-refractivity contribution in [2.45, 2.75) is 19.4 Å². The number of aromatic nitrogens is 1. The highest BCUT2D eigenvalue weighted by Crippen LogP contribution is 2.18. The molecule has 0 atom stereocenters. The van der Waals surface area contributed by atoms with E-state index in [0.717, 1.165) is 24.5 Å². The number of hydrogen-bond donors (Lipinski definition) is 1. The molecule has 0 saturated carbocycles. The van der Waals surface area contributed by atoms with Crippen LogP contribution in [0.25, 0.3) is 0 Å². The number of benzene rings is 1. The van der Waals surface area contributed by atoms with Gasteiger partial charge in [0.2, 0.25) is 0 Å². The van der Waals surface area contributed by atoms with Crippen LogP contribution in [-0.4, -0.2) is 24.0 Å². The van der Waals surface area contributed by atoms with Gasteiger partial charge in [-0.15, -0.1) is 0 Å². The van der Waals surface area contributed by atoms with Crippen LogP contribution in [0.3, 0.4) is 0 Å². The van der Waals surface area contributed by atoms with Gasteiger partial charge in [-0.1, -0.05) is 6.07 Å². The van der Waals surface area contributed by atoms with Crippen molar-refractivity contribution in [1.29, 1.82) is 0 Å². The molecular weight excluding hydrogens is 281 g/mol. The second-order valence-corrected chi connectivity index (χ2v) is 5.41. The molecule has 0 spiro atoms. The van der Waals surface area contributed by atoms with Gasteiger partial charge in [-0.25, -0.2) is 9.37 Å². The number of nitrogens with one attached hydrogen (secondary N) is 1. The molecule has 1 saturated heterocycles. The highest BCUT2D eigenvalue weighted by Gasteiger charge is 2.13. The first kappa shape index (κ1) is 14.5. The number of anilines is 1. The fraction of sp³-hybridized carbons (Fsp3) is 0.294. The zero-order chi connectivity index (χ0) is 15.4. The minimum Gasteiger partial charge on any atom is -0.357 e. The largest absolute Gasteiger partial charge is 0.357 e. The number of rotatable bonds is 4. The van der Waals surface area contributed by atoms with Crippen LogP contribution in [0.1, 0.15) is 28.8 Å². The Balaban J connectivity index is 1.63. The maximum Gasteiger partial charge on any atom is 0.251 e. The minimum atomic E-state index is -0.409. The Labute approximate surface area is 129 Å². The molecule has 0 bridgehead atoms. The summed E-state index contributed by atoms with van der Waals surface area (Å²) in [5.74, 6) is 0.266. The summed E-state index contributed by atoms with van der Waals surface area (Å²) in [5.41, 5.74) is 1.32. The summed E-state index contributed by atoms with van der Waals surface area (Å²) in [6.45, 7) is 2.47. The van der Waals surface area contributed by atoms with E-state index in [1.807, 2.05) is 12.1 Å². The highest BCUT2D eigenvalue weighted by molar-refractivity contribution is 5.94. The molecule has 1 N–H and O–H groups in total. The quantitative estimate of drug-likeness (QED) is 0.944. The third-order valence-corrected chi connectivity index (χ3v) is 3.78. The van der Waals surface area contributed by atoms with Gasteiger partial charge in [0.15, 0.2) is 0 Å². The summed E-state index contributed by atoms with van der Waals surface area (Å²) < 4.78 is 13.1. The van der Waals surface area contributed by atoms with E-state index >= 15 is 0 Å². The molecule has 2 heterocycles. The van der Waals surface area contributed by atoms with Crippen molar-refractivity contribution in [3.05, 3.63) is 59.5 Å². The number of carbonyl (C=O) groups is 1. The van der Waals surface area contributed by atoms with Crippen LogP contribution in [0.5, 0.6) is 0 Å². The molecular formula is C17H18FN3O. The molecule has 1 aliphatic rings. The fourth-order valence-electron chi connectivity index (χ4n) is 2.60. The summed E-state index contributed by atoms with van der Waals surface area (Å²) in [4.78, 5) is 18.6. The molecule has 0 unspecified atom stereocenters. The summed E-state index contributed by atoms with van der Waals surface area (Å²) in [6.07, 6.45) is 4.15. The van der Waals surface area contributed by atoms with E-state index in [-0.39, 0.29) is 5.91 Å². The van der Waals surface area contributed by atoms with Crippen molar-refractivity contribution >= 4 is 11.7 Å². The van der Waals surface area contributed by atoms with Crippen LogP contribution >= 0.6 is 0 Å². The van der Waals surface area contributed by atoms with Gasteiger partial charge in [-0.2, -0.15) is 0 Å². The lowest BCUT2D eigenvalue weighted by Gasteiger charge is -2.17. The minimum absolute atomic E-state index is 0.279. The molecule has 114 valence electrons.